The third kappa shape index (κ3) is 7.34. The molecule has 0 unspecified atom stereocenters. The summed E-state index contributed by atoms with van der Waals surface area (Å²) in [7, 11) is -3.72. The minimum atomic E-state index is -3.72. The zero-order chi connectivity index (χ0) is 28.2. The lowest BCUT2D eigenvalue weighted by Crippen LogP contribution is -2.44. The van der Waals surface area contributed by atoms with Gasteiger partial charge < -0.3 is 0 Å². The number of nitrogens with zero attached hydrogens (tertiary/aromatic N) is 2. The Kier molecular flexibility index (Phi) is 9.60. The van der Waals surface area contributed by atoms with Crippen molar-refractivity contribution in [2.45, 2.75) is 39.3 Å². The van der Waals surface area contributed by atoms with E-state index in [-0.39, 0.29) is 16.5 Å². The van der Waals surface area contributed by atoms with E-state index in [1.807, 2.05) is 24.3 Å². The van der Waals surface area contributed by atoms with Crippen molar-refractivity contribution in [1.29, 1.82) is 0 Å². The maximum atomic E-state index is 14.0. The van der Waals surface area contributed by atoms with Gasteiger partial charge in [0.2, 0.25) is 0 Å². The molecule has 0 radical (unpaired) electrons. The van der Waals surface area contributed by atoms with Crippen LogP contribution in [-0.2, 0) is 16.4 Å². The Morgan fingerprint density at radius 3 is 1.90 bits per heavy atom. The molecule has 0 saturated carbocycles. The maximum Gasteiger partial charge on any atom is 0.176 e. The third-order valence-electron chi connectivity index (χ3n) is 6.94. The van der Waals surface area contributed by atoms with Crippen molar-refractivity contribution in [1.82, 2.24) is 9.80 Å². The van der Waals surface area contributed by atoms with Gasteiger partial charge in [0.05, 0.1) is 10.9 Å². The first-order valence-electron chi connectivity index (χ1n) is 13.3. The Balaban J connectivity index is 1.65. The van der Waals surface area contributed by atoms with Gasteiger partial charge >= 0.3 is 0 Å². The molecule has 1 aliphatic rings. The van der Waals surface area contributed by atoms with Crippen LogP contribution >= 0.6 is 11.6 Å². The molecule has 4 nitrogen and oxygen atoms in total. The van der Waals surface area contributed by atoms with Crippen molar-refractivity contribution < 1.29 is 17.2 Å². The van der Waals surface area contributed by atoms with Gasteiger partial charge in [0.1, 0.15) is 11.6 Å². The highest BCUT2D eigenvalue weighted by Gasteiger charge is 2.35. The first-order chi connectivity index (χ1) is 18.6. The molecule has 1 atom stereocenters. The molecule has 4 rings (SSSR count). The largest absolute Gasteiger partial charge is 0.299 e. The smallest absolute Gasteiger partial charge is 0.176 e. The summed E-state index contributed by atoms with van der Waals surface area (Å²) < 4.78 is 53.4. The normalized spacial score (nSPS) is 14.9. The number of likely N-dealkylation sites (tertiary alicyclic amines) is 1. The van der Waals surface area contributed by atoms with E-state index < -0.39 is 21.5 Å². The molecule has 0 bridgehead atoms. The fourth-order valence-corrected chi connectivity index (χ4v) is 6.69. The topological polar surface area (TPSA) is 40.6 Å². The van der Waals surface area contributed by atoms with Crippen molar-refractivity contribution in [2.24, 2.45) is 0 Å². The quantitative estimate of drug-likeness (QED) is 0.246. The van der Waals surface area contributed by atoms with Crippen LogP contribution in [0.2, 0.25) is 5.02 Å². The second-order valence-corrected chi connectivity index (χ2v) is 12.6. The lowest BCUT2D eigenvalue weighted by molar-refractivity contribution is 0.203. The van der Waals surface area contributed by atoms with Crippen molar-refractivity contribution in [3.8, 4) is 0 Å². The molecule has 208 valence electrons. The summed E-state index contributed by atoms with van der Waals surface area (Å²) in [5.41, 5.74) is 4.03. The molecular weight excluding hydrogens is 538 g/mol. The van der Waals surface area contributed by atoms with Gasteiger partial charge in [-0.25, -0.2) is 17.2 Å². The van der Waals surface area contributed by atoms with E-state index >= 15 is 0 Å². The molecule has 8 heteroatoms. The van der Waals surface area contributed by atoms with Gasteiger partial charge in [-0.3, -0.25) is 9.80 Å². The Morgan fingerprint density at radius 2 is 1.41 bits per heavy atom. The molecule has 0 aliphatic carbocycles. The van der Waals surface area contributed by atoms with Crippen LogP contribution in [0.3, 0.4) is 0 Å². The van der Waals surface area contributed by atoms with E-state index in [1.54, 1.807) is 0 Å². The Labute approximate surface area is 235 Å². The molecule has 0 aromatic heterocycles. The molecule has 1 saturated heterocycles. The SMILES string of the molecule is CCCN(CCC)Cc1ccc([C@@H](c2ccc(Cl)cc2)N2CC(=C(c3cc(F)cc(F)c3)S(C)(=O)=O)C2)cc1. The van der Waals surface area contributed by atoms with Gasteiger partial charge in [0.25, 0.3) is 0 Å². The number of hydrogen-bond acceptors (Lipinski definition) is 4. The van der Waals surface area contributed by atoms with Gasteiger partial charge in [0.15, 0.2) is 9.84 Å². The van der Waals surface area contributed by atoms with Crippen LogP contribution < -0.4 is 0 Å². The number of hydrogen-bond donors (Lipinski definition) is 0. The number of benzene rings is 3. The summed E-state index contributed by atoms with van der Waals surface area (Å²) >= 11 is 6.16. The summed E-state index contributed by atoms with van der Waals surface area (Å²) in [6, 6.07) is 19.0. The maximum absolute atomic E-state index is 14.0. The van der Waals surface area contributed by atoms with Crippen molar-refractivity contribution in [2.75, 3.05) is 32.4 Å². The fraction of sp³-hybridized carbons (Fsp3) is 0.355. The van der Waals surface area contributed by atoms with Crippen LogP contribution in [-0.4, -0.2) is 50.7 Å². The van der Waals surface area contributed by atoms with Crippen molar-refractivity contribution >= 4 is 26.3 Å². The van der Waals surface area contributed by atoms with Gasteiger partial charge in [-0.1, -0.05) is 61.8 Å². The Hall–Kier alpha value is -2.58. The predicted molar refractivity (Wildman–Crippen MR) is 155 cm³/mol. The van der Waals surface area contributed by atoms with Gasteiger partial charge in [-0.2, -0.15) is 0 Å². The van der Waals surface area contributed by atoms with E-state index in [1.165, 1.54) is 5.56 Å². The highest BCUT2D eigenvalue weighted by Crippen LogP contribution is 2.38. The molecule has 3 aromatic carbocycles. The average Bonchev–Trinajstić information content (AvgIpc) is 2.83. The first kappa shape index (κ1) is 29.4. The molecular formula is C31H35ClF2N2O2S. The molecule has 1 aliphatic heterocycles. The van der Waals surface area contributed by atoms with E-state index in [0.717, 1.165) is 68.1 Å². The van der Waals surface area contributed by atoms with Crippen molar-refractivity contribution in [3.63, 3.8) is 0 Å². The minimum absolute atomic E-state index is 0.00528. The average molecular weight is 573 g/mol. The lowest BCUT2D eigenvalue weighted by atomic mass is 9.91. The standard InChI is InChI=1S/C31H35ClF2N2O2S/c1-4-14-35(15-5-2)19-22-6-8-23(9-7-22)30(24-10-12-27(32)13-11-24)36-20-26(21-36)31(39(3,37)38)25-16-28(33)18-29(34)17-25/h6-13,16-18,30H,4-5,14-15,19-21H2,1-3H3/t30-/m0/s1. The summed E-state index contributed by atoms with van der Waals surface area (Å²) in [6.07, 6.45) is 3.30. The van der Waals surface area contributed by atoms with E-state index in [2.05, 4.69) is 47.9 Å². The lowest BCUT2D eigenvalue weighted by Gasteiger charge is -2.42. The monoisotopic (exact) mass is 572 g/mol. The Bertz CT molecular complexity index is 1390. The van der Waals surface area contributed by atoms with Crippen LogP contribution in [0.25, 0.3) is 4.91 Å². The zero-order valence-corrected chi connectivity index (χ0v) is 24.2. The van der Waals surface area contributed by atoms with Gasteiger partial charge in [-0.15, -0.1) is 0 Å². The van der Waals surface area contributed by atoms with Crippen LogP contribution in [0.1, 0.15) is 55.0 Å². The summed E-state index contributed by atoms with van der Waals surface area (Å²) in [5, 5.41) is 0.636. The summed E-state index contributed by atoms with van der Waals surface area (Å²) in [5.74, 6) is -1.61. The molecule has 1 fully saturated rings. The number of rotatable bonds is 11. The molecule has 0 spiro atoms. The van der Waals surface area contributed by atoms with Crippen LogP contribution in [0.4, 0.5) is 8.78 Å². The van der Waals surface area contributed by atoms with E-state index in [9.17, 15) is 17.2 Å². The zero-order valence-electron chi connectivity index (χ0n) is 22.6. The molecule has 39 heavy (non-hydrogen) atoms. The van der Waals surface area contributed by atoms with Crippen LogP contribution in [0, 0.1) is 11.6 Å². The molecule has 3 aromatic rings. The molecule has 1 heterocycles. The predicted octanol–water partition coefficient (Wildman–Crippen LogP) is 7.10. The third-order valence-corrected chi connectivity index (χ3v) is 8.45. The van der Waals surface area contributed by atoms with E-state index in [0.29, 0.717) is 23.7 Å². The summed E-state index contributed by atoms with van der Waals surface area (Å²) in [4.78, 5) is 4.61. The molecule has 0 N–H and O–H groups in total. The van der Waals surface area contributed by atoms with Crippen LogP contribution in [0.5, 0.6) is 0 Å². The van der Waals surface area contributed by atoms with E-state index in [4.69, 9.17) is 11.6 Å². The first-order valence-corrected chi connectivity index (χ1v) is 15.5. The minimum Gasteiger partial charge on any atom is -0.299 e. The highest BCUT2D eigenvalue weighted by molar-refractivity contribution is 8.00. The number of halogens is 3. The molecule has 0 amide bonds. The second kappa shape index (κ2) is 12.7. The van der Waals surface area contributed by atoms with Crippen molar-refractivity contribution in [3.05, 3.63) is 111 Å². The summed E-state index contributed by atoms with van der Waals surface area (Å²) in [6.45, 7) is 8.11. The fourth-order valence-electron chi connectivity index (χ4n) is 5.36. The van der Waals surface area contributed by atoms with Gasteiger partial charge in [-0.05, 0) is 78.0 Å². The Morgan fingerprint density at radius 1 is 0.897 bits per heavy atom. The highest BCUT2D eigenvalue weighted by atomic mass is 35.5. The number of sulfone groups is 1. The second-order valence-electron chi connectivity index (χ2n) is 10.2. The van der Waals surface area contributed by atoms with Crippen LogP contribution in [0.15, 0.2) is 72.3 Å². The van der Waals surface area contributed by atoms with Gasteiger partial charge in [0, 0.05) is 37.0 Å².